The molecule has 31 heavy (non-hydrogen) atoms. The molecular formula is C23H24N2O5S. The Morgan fingerprint density at radius 2 is 1.55 bits per heavy atom. The molecule has 0 aromatic heterocycles. The highest BCUT2D eigenvalue weighted by molar-refractivity contribution is 7.89. The third kappa shape index (κ3) is 5.84. The van der Waals surface area contributed by atoms with Crippen molar-refractivity contribution in [3.63, 3.8) is 0 Å². The molecule has 162 valence electrons. The first-order chi connectivity index (χ1) is 14.9. The van der Waals surface area contributed by atoms with Crippen LogP contribution in [0.15, 0.2) is 83.8 Å². The van der Waals surface area contributed by atoms with E-state index >= 15 is 0 Å². The van der Waals surface area contributed by atoms with Crippen LogP contribution in [0.5, 0.6) is 11.5 Å². The zero-order chi connectivity index (χ0) is 22.3. The minimum absolute atomic E-state index is 0.0832. The first-order valence-corrected chi connectivity index (χ1v) is 11.1. The molecule has 1 atom stereocenters. The van der Waals surface area contributed by atoms with Crippen LogP contribution in [-0.2, 0) is 21.2 Å². The van der Waals surface area contributed by atoms with Gasteiger partial charge < -0.3 is 14.8 Å². The summed E-state index contributed by atoms with van der Waals surface area (Å²) in [6.07, 6.45) is 0.172. The molecule has 0 saturated carbocycles. The summed E-state index contributed by atoms with van der Waals surface area (Å²) in [4.78, 5) is 13.2. The van der Waals surface area contributed by atoms with E-state index in [0.717, 1.165) is 5.56 Å². The van der Waals surface area contributed by atoms with Crippen LogP contribution in [0.25, 0.3) is 0 Å². The van der Waals surface area contributed by atoms with Crippen LogP contribution in [0.2, 0.25) is 0 Å². The van der Waals surface area contributed by atoms with E-state index in [4.69, 9.17) is 9.47 Å². The van der Waals surface area contributed by atoms with Crippen molar-refractivity contribution in [2.24, 2.45) is 0 Å². The molecule has 0 bridgehead atoms. The fraction of sp³-hybridized carbons (Fsp3) is 0.174. The summed E-state index contributed by atoms with van der Waals surface area (Å²) in [5, 5.41) is 2.76. The highest BCUT2D eigenvalue weighted by Crippen LogP contribution is 2.29. The molecule has 0 aliphatic rings. The molecule has 2 N–H and O–H groups in total. The lowest BCUT2D eigenvalue weighted by molar-refractivity contribution is -0.117. The summed E-state index contributed by atoms with van der Waals surface area (Å²) in [5.41, 5.74) is 1.19. The number of amides is 1. The lowest BCUT2D eigenvalue weighted by atomic mass is 10.1. The number of sulfonamides is 1. The SMILES string of the molecule is COc1ccc(OC)c(NC(=O)[C@@H](Cc2ccccc2)NS(=O)(=O)c2ccccc2)c1. The predicted molar refractivity (Wildman–Crippen MR) is 119 cm³/mol. The van der Waals surface area contributed by atoms with Crippen LogP contribution >= 0.6 is 0 Å². The molecule has 3 aromatic carbocycles. The molecule has 0 aliphatic carbocycles. The topological polar surface area (TPSA) is 93.7 Å². The van der Waals surface area contributed by atoms with Crippen LogP contribution in [0, 0.1) is 0 Å². The van der Waals surface area contributed by atoms with E-state index in [1.165, 1.54) is 26.4 Å². The number of anilines is 1. The largest absolute Gasteiger partial charge is 0.497 e. The number of rotatable bonds is 9. The molecule has 0 fully saturated rings. The van der Waals surface area contributed by atoms with E-state index in [1.807, 2.05) is 30.3 Å². The maximum absolute atomic E-state index is 13.2. The van der Waals surface area contributed by atoms with Gasteiger partial charge in [-0.05, 0) is 36.2 Å². The van der Waals surface area contributed by atoms with Gasteiger partial charge >= 0.3 is 0 Å². The second kappa shape index (κ2) is 10.1. The average Bonchev–Trinajstić information content (AvgIpc) is 2.79. The van der Waals surface area contributed by atoms with Crippen molar-refractivity contribution in [1.29, 1.82) is 0 Å². The molecular weight excluding hydrogens is 416 g/mol. The zero-order valence-electron chi connectivity index (χ0n) is 17.2. The van der Waals surface area contributed by atoms with Gasteiger partial charge in [-0.25, -0.2) is 8.42 Å². The third-order valence-electron chi connectivity index (χ3n) is 4.61. The number of methoxy groups -OCH3 is 2. The fourth-order valence-corrected chi connectivity index (χ4v) is 4.24. The van der Waals surface area contributed by atoms with Gasteiger partial charge in [0.15, 0.2) is 0 Å². The second-order valence-electron chi connectivity index (χ2n) is 6.73. The number of hydrogen-bond donors (Lipinski definition) is 2. The summed E-state index contributed by atoms with van der Waals surface area (Å²) >= 11 is 0. The predicted octanol–water partition coefficient (Wildman–Crippen LogP) is 3.23. The van der Waals surface area contributed by atoms with E-state index in [1.54, 1.807) is 36.4 Å². The van der Waals surface area contributed by atoms with E-state index in [9.17, 15) is 13.2 Å². The number of benzene rings is 3. The highest BCUT2D eigenvalue weighted by Gasteiger charge is 2.27. The van der Waals surface area contributed by atoms with E-state index in [0.29, 0.717) is 17.2 Å². The van der Waals surface area contributed by atoms with Gasteiger partial charge in [0.05, 0.1) is 24.8 Å². The second-order valence-corrected chi connectivity index (χ2v) is 8.45. The minimum atomic E-state index is -3.91. The lowest BCUT2D eigenvalue weighted by Gasteiger charge is -2.20. The molecule has 0 saturated heterocycles. The summed E-state index contributed by atoms with van der Waals surface area (Å²) in [7, 11) is -0.916. The zero-order valence-corrected chi connectivity index (χ0v) is 18.1. The fourth-order valence-electron chi connectivity index (χ4n) is 3.02. The Labute approximate surface area is 182 Å². The summed E-state index contributed by atoms with van der Waals surface area (Å²) in [6, 6.07) is 21.1. The third-order valence-corrected chi connectivity index (χ3v) is 6.10. The van der Waals surface area contributed by atoms with Crippen molar-refractivity contribution in [2.45, 2.75) is 17.4 Å². The molecule has 8 heteroatoms. The normalized spacial score (nSPS) is 12.1. The van der Waals surface area contributed by atoms with E-state index < -0.39 is 22.0 Å². The van der Waals surface area contributed by atoms with Crippen molar-refractivity contribution in [3.05, 3.63) is 84.4 Å². The van der Waals surface area contributed by atoms with Gasteiger partial charge in [-0.15, -0.1) is 0 Å². The van der Waals surface area contributed by atoms with E-state index in [2.05, 4.69) is 10.0 Å². The number of ether oxygens (including phenoxy) is 2. The quantitative estimate of drug-likeness (QED) is 0.533. The van der Waals surface area contributed by atoms with Gasteiger partial charge in [0, 0.05) is 6.07 Å². The van der Waals surface area contributed by atoms with Gasteiger partial charge in [0.2, 0.25) is 15.9 Å². The average molecular weight is 441 g/mol. The number of carbonyl (C=O) groups is 1. The van der Waals surface area contributed by atoms with Crippen molar-refractivity contribution in [3.8, 4) is 11.5 Å². The smallest absolute Gasteiger partial charge is 0.243 e. The van der Waals surface area contributed by atoms with Crippen molar-refractivity contribution in [1.82, 2.24) is 4.72 Å². The van der Waals surface area contributed by atoms with Crippen molar-refractivity contribution < 1.29 is 22.7 Å². The van der Waals surface area contributed by atoms with Gasteiger partial charge in [0.25, 0.3) is 0 Å². The molecule has 3 aromatic rings. The van der Waals surface area contributed by atoms with Crippen LogP contribution in [0.3, 0.4) is 0 Å². The standard InChI is InChI=1S/C23H24N2O5S/c1-29-18-13-14-22(30-2)20(16-18)24-23(26)21(15-17-9-5-3-6-10-17)25-31(27,28)19-11-7-4-8-12-19/h3-14,16,21,25H,15H2,1-2H3,(H,24,26)/t21-/m1/s1. The Morgan fingerprint density at radius 1 is 0.903 bits per heavy atom. The molecule has 7 nitrogen and oxygen atoms in total. The van der Waals surface area contributed by atoms with Gasteiger partial charge in [-0.3, -0.25) is 4.79 Å². The Morgan fingerprint density at radius 3 is 2.16 bits per heavy atom. The van der Waals surface area contributed by atoms with Crippen LogP contribution in [0.4, 0.5) is 5.69 Å². The maximum atomic E-state index is 13.2. The first kappa shape index (κ1) is 22.3. The summed E-state index contributed by atoms with van der Waals surface area (Å²) < 4.78 is 38.8. The molecule has 0 heterocycles. The Balaban J connectivity index is 1.90. The molecule has 0 aliphatic heterocycles. The van der Waals surface area contributed by atoms with Gasteiger partial charge in [-0.1, -0.05) is 48.5 Å². The molecule has 0 radical (unpaired) electrons. The van der Waals surface area contributed by atoms with Crippen LogP contribution in [-0.4, -0.2) is 34.6 Å². The molecule has 1 amide bonds. The summed E-state index contributed by atoms with van der Waals surface area (Å²) in [5.74, 6) is 0.439. The maximum Gasteiger partial charge on any atom is 0.243 e. The Bertz CT molecular complexity index is 1120. The minimum Gasteiger partial charge on any atom is -0.497 e. The monoisotopic (exact) mass is 440 g/mol. The van der Waals surface area contributed by atoms with Gasteiger partial charge in [-0.2, -0.15) is 4.72 Å². The van der Waals surface area contributed by atoms with Crippen molar-refractivity contribution in [2.75, 3.05) is 19.5 Å². The number of hydrogen-bond acceptors (Lipinski definition) is 5. The number of nitrogens with one attached hydrogen (secondary N) is 2. The Kier molecular flexibility index (Phi) is 7.28. The number of carbonyl (C=O) groups excluding carboxylic acids is 1. The van der Waals surface area contributed by atoms with Crippen LogP contribution in [0.1, 0.15) is 5.56 Å². The lowest BCUT2D eigenvalue weighted by Crippen LogP contribution is -2.45. The molecule has 0 unspecified atom stereocenters. The summed E-state index contributed by atoms with van der Waals surface area (Å²) in [6.45, 7) is 0. The van der Waals surface area contributed by atoms with Crippen molar-refractivity contribution >= 4 is 21.6 Å². The van der Waals surface area contributed by atoms with E-state index in [-0.39, 0.29) is 11.3 Å². The van der Waals surface area contributed by atoms with Crippen LogP contribution < -0.4 is 19.5 Å². The molecule has 3 rings (SSSR count). The molecule has 0 spiro atoms. The van der Waals surface area contributed by atoms with Gasteiger partial charge in [0.1, 0.15) is 17.5 Å². The first-order valence-electron chi connectivity index (χ1n) is 9.57. The highest BCUT2D eigenvalue weighted by atomic mass is 32.2. The Hall–Kier alpha value is -3.36.